The molecule has 2 N–H and O–H groups in total. The molecule has 2 aliphatic rings. The number of carbonyl (C=O) groups excluding carboxylic acids is 2. The fourth-order valence-electron chi connectivity index (χ4n) is 6.07. The van der Waals surface area contributed by atoms with Crippen LogP contribution < -0.4 is 15.4 Å². The molecule has 4 heterocycles. The zero-order chi connectivity index (χ0) is 30.4. The number of aromatic nitrogens is 3. The van der Waals surface area contributed by atoms with E-state index < -0.39 is 17.5 Å². The Morgan fingerprint density at radius 1 is 1.12 bits per heavy atom. The summed E-state index contributed by atoms with van der Waals surface area (Å²) >= 11 is 0. The fraction of sp³-hybridized carbons (Fsp3) is 0.375. The van der Waals surface area contributed by atoms with Gasteiger partial charge in [-0.25, -0.2) is 18.4 Å². The Balaban J connectivity index is 1.47. The van der Waals surface area contributed by atoms with E-state index in [1.807, 2.05) is 10.7 Å². The van der Waals surface area contributed by atoms with Crippen molar-refractivity contribution >= 4 is 28.5 Å². The van der Waals surface area contributed by atoms with Gasteiger partial charge in [-0.3, -0.25) is 9.59 Å². The second kappa shape index (κ2) is 11.4. The molecule has 0 spiro atoms. The number of amides is 2. The third kappa shape index (κ3) is 5.45. The summed E-state index contributed by atoms with van der Waals surface area (Å²) in [6.45, 7) is 5.87. The Morgan fingerprint density at radius 3 is 2.58 bits per heavy atom. The van der Waals surface area contributed by atoms with Crippen LogP contribution in [0.5, 0.6) is 5.75 Å². The van der Waals surface area contributed by atoms with Crippen molar-refractivity contribution in [2.45, 2.75) is 45.7 Å². The normalized spacial score (nSPS) is 16.1. The van der Waals surface area contributed by atoms with Crippen LogP contribution in [0.2, 0.25) is 0 Å². The van der Waals surface area contributed by atoms with Crippen LogP contribution in [0.3, 0.4) is 0 Å². The lowest BCUT2D eigenvalue weighted by Crippen LogP contribution is -2.38. The SMILES string of the molecule is CC(C)Cc1nc2c(cnn2C2CCN(C)CC2)c(-c2ccc3c(c2)OCC(=O)N3Cc2ccc(F)c(F)c2)c1C(N)=O. The Hall–Kier alpha value is -4.38. The zero-order valence-corrected chi connectivity index (χ0v) is 24.4. The lowest BCUT2D eigenvalue weighted by molar-refractivity contribution is -0.121. The first-order chi connectivity index (χ1) is 20.6. The quantitative estimate of drug-likeness (QED) is 0.330. The van der Waals surface area contributed by atoms with E-state index in [1.165, 1.54) is 11.0 Å². The maximum atomic E-state index is 13.9. The van der Waals surface area contributed by atoms with Crippen LogP contribution in [0.4, 0.5) is 14.5 Å². The molecule has 11 heteroatoms. The summed E-state index contributed by atoms with van der Waals surface area (Å²) in [7, 11) is 2.11. The summed E-state index contributed by atoms with van der Waals surface area (Å²) in [6, 6.07) is 9.09. The van der Waals surface area contributed by atoms with Gasteiger partial charge in [0.2, 0.25) is 0 Å². The Morgan fingerprint density at radius 2 is 1.88 bits per heavy atom. The van der Waals surface area contributed by atoms with Crippen molar-refractivity contribution in [1.82, 2.24) is 19.7 Å². The van der Waals surface area contributed by atoms with Crippen LogP contribution >= 0.6 is 0 Å². The molecule has 0 saturated carbocycles. The molecular formula is C32H34F2N6O3. The highest BCUT2D eigenvalue weighted by atomic mass is 19.2. The monoisotopic (exact) mass is 588 g/mol. The number of primary amides is 1. The smallest absolute Gasteiger partial charge is 0.265 e. The molecule has 43 heavy (non-hydrogen) atoms. The molecule has 2 aliphatic heterocycles. The van der Waals surface area contributed by atoms with E-state index in [2.05, 4.69) is 25.8 Å². The van der Waals surface area contributed by atoms with Crippen LogP contribution in [-0.4, -0.2) is 58.2 Å². The first-order valence-corrected chi connectivity index (χ1v) is 14.5. The molecule has 2 aromatic heterocycles. The molecule has 0 atom stereocenters. The molecule has 6 rings (SSSR count). The minimum atomic E-state index is -0.979. The molecule has 1 saturated heterocycles. The minimum absolute atomic E-state index is 0.0413. The number of likely N-dealkylation sites (tertiary alicyclic amines) is 1. The third-order valence-corrected chi connectivity index (χ3v) is 8.22. The molecule has 224 valence electrons. The number of carbonyl (C=O) groups is 2. The van der Waals surface area contributed by atoms with E-state index in [-0.39, 0.29) is 31.0 Å². The summed E-state index contributed by atoms with van der Waals surface area (Å²) in [5, 5.41) is 5.48. The van der Waals surface area contributed by atoms with Crippen LogP contribution in [0, 0.1) is 17.6 Å². The van der Waals surface area contributed by atoms with Gasteiger partial charge in [0.1, 0.15) is 5.75 Å². The van der Waals surface area contributed by atoms with Crippen molar-refractivity contribution in [3.63, 3.8) is 0 Å². The Labute approximate surface area is 248 Å². The van der Waals surface area contributed by atoms with Gasteiger partial charge < -0.3 is 20.3 Å². The van der Waals surface area contributed by atoms with Gasteiger partial charge in [0.25, 0.3) is 11.8 Å². The third-order valence-electron chi connectivity index (χ3n) is 8.22. The maximum absolute atomic E-state index is 13.9. The molecule has 0 unspecified atom stereocenters. The summed E-state index contributed by atoms with van der Waals surface area (Å²) in [5.74, 6) is -2.18. The first kappa shape index (κ1) is 28.7. The van der Waals surface area contributed by atoms with Crippen molar-refractivity contribution in [1.29, 1.82) is 0 Å². The molecule has 9 nitrogen and oxygen atoms in total. The second-order valence-electron chi connectivity index (χ2n) is 11.8. The number of piperidine rings is 1. The number of hydrogen-bond acceptors (Lipinski definition) is 6. The second-order valence-corrected chi connectivity index (χ2v) is 11.8. The van der Waals surface area contributed by atoms with Crippen molar-refractivity contribution in [2.75, 3.05) is 31.6 Å². The molecule has 2 aromatic carbocycles. The van der Waals surface area contributed by atoms with E-state index in [1.54, 1.807) is 18.3 Å². The van der Waals surface area contributed by atoms with Gasteiger partial charge in [-0.05, 0) is 80.7 Å². The van der Waals surface area contributed by atoms with Crippen LogP contribution in [0.25, 0.3) is 22.2 Å². The van der Waals surface area contributed by atoms with E-state index in [4.69, 9.17) is 20.6 Å². The molecule has 0 aliphatic carbocycles. The van der Waals surface area contributed by atoms with Crippen LogP contribution in [0.1, 0.15) is 54.3 Å². The lowest BCUT2D eigenvalue weighted by atomic mass is 9.92. The van der Waals surface area contributed by atoms with Crippen LogP contribution in [-0.2, 0) is 17.8 Å². The number of rotatable bonds is 7. The van der Waals surface area contributed by atoms with Gasteiger partial charge in [-0.15, -0.1) is 0 Å². The molecule has 4 aromatic rings. The zero-order valence-electron chi connectivity index (χ0n) is 24.4. The maximum Gasteiger partial charge on any atom is 0.265 e. The number of nitrogens with two attached hydrogens (primary N) is 1. The number of nitrogens with zero attached hydrogens (tertiary/aromatic N) is 5. The van der Waals surface area contributed by atoms with Gasteiger partial charge in [0.15, 0.2) is 23.9 Å². The largest absolute Gasteiger partial charge is 0.482 e. The summed E-state index contributed by atoms with van der Waals surface area (Å²) < 4.78 is 35.2. The molecular weight excluding hydrogens is 554 g/mol. The fourth-order valence-corrected chi connectivity index (χ4v) is 6.07. The van der Waals surface area contributed by atoms with Gasteiger partial charge in [-0.1, -0.05) is 26.0 Å². The average Bonchev–Trinajstić information content (AvgIpc) is 3.39. The van der Waals surface area contributed by atoms with Gasteiger partial charge in [0, 0.05) is 10.9 Å². The van der Waals surface area contributed by atoms with E-state index in [0.29, 0.717) is 56.8 Å². The predicted octanol–water partition coefficient (Wildman–Crippen LogP) is 4.87. The van der Waals surface area contributed by atoms with Gasteiger partial charge in [-0.2, -0.15) is 5.10 Å². The molecule has 0 bridgehead atoms. The number of fused-ring (bicyclic) bond motifs is 2. The number of halogens is 2. The predicted molar refractivity (Wildman–Crippen MR) is 159 cm³/mol. The van der Waals surface area contributed by atoms with Gasteiger partial charge in [0.05, 0.1) is 35.7 Å². The van der Waals surface area contributed by atoms with E-state index in [0.717, 1.165) is 38.1 Å². The Bertz CT molecular complexity index is 1730. The molecule has 1 fully saturated rings. The van der Waals surface area contributed by atoms with Crippen molar-refractivity contribution < 1.29 is 23.1 Å². The summed E-state index contributed by atoms with van der Waals surface area (Å²) in [4.78, 5) is 34.7. The van der Waals surface area contributed by atoms with Crippen molar-refractivity contribution in [2.24, 2.45) is 11.7 Å². The number of pyridine rings is 1. The average molecular weight is 589 g/mol. The number of hydrogen-bond donors (Lipinski definition) is 1. The van der Waals surface area contributed by atoms with Crippen molar-refractivity contribution in [3.05, 3.63) is 71.1 Å². The number of anilines is 1. The lowest BCUT2D eigenvalue weighted by Gasteiger charge is -2.30. The minimum Gasteiger partial charge on any atom is -0.482 e. The van der Waals surface area contributed by atoms with Gasteiger partial charge >= 0.3 is 0 Å². The Kier molecular flexibility index (Phi) is 7.59. The standard InChI is InChI=1S/C32H34F2N6O3/c1-18(2)12-25-30(31(35)42)29(22-15-36-40(32(22)37-25)21-8-10-38(3)11-9-21)20-5-7-26-27(14-20)43-17-28(41)39(26)16-19-4-6-23(33)24(34)13-19/h4-7,13-15,18,21H,8-12,16-17H2,1-3H3,(H2,35,42). The van der Waals surface area contributed by atoms with E-state index >= 15 is 0 Å². The highest BCUT2D eigenvalue weighted by Gasteiger charge is 2.30. The summed E-state index contributed by atoms with van der Waals surface area (Å²) in [5.41, 5.74) is 9.92. The highest BCUT2D eigenvalue weighted by Crippen LogP contribution is 2.41. The molecule has 2 amide bonds. The molecule has 0 radical (unpaired) electrons. The van der Waals surface area contributed by atoms with E-state index in [9.17, 15) is 18.4 Å². The number of benzene rings is 2. The number of ether oxygens (including phenoxy) is 1. The van der Waals surface area contributed by atoms with Crippen molar-refractivity contribution in [3.8, 4) is 16.9 Å². The highest BCUT2D eigenvalue weighted by molar-refractivity contribution is 6.09. The van der Waals surface area contributed by atoms with Crippen LogP contribution in [0.15, 0.2) is 42.6 Å². The topological polar surface area (TPSA) is 107 Å². The first-order valence-electron chi connectivity index (χ1n) is 14.5. The summed E-state index contributed by atoms with van der Waals surface area (Å²) in [6.07, 6.45) is 4.18.